The lowest BCUT2D eigenvalue weighted by atomic mass is 9.54. The van der Waals surface area contributed by atoms with E-state index in [2.05, 4.69) is 54.8 Å². The number of nitrogens with one attached hydrogen (secondary N) is 9. The molecule has 4 saturated carbocycles. The first kappa shape index (κ1) is 90.2. The molecule has 20 N–H and O–H groups in total. The van der Waals surface area contributed by atoms with Crippen LogP contribution in [0.3, 0.4) is 0 Å². The summed E-state index contributed by atoms with van der Waals surface area (Å²) in [5.41, 5.74) is 3.04. The zero-order valence-corrected chi connectivity index (χ0v) is 69.8. The minimum atomic E-state index is -2.38. The van der Waals surface area contributed by atoms with Crippen molar-refractivity contribution in [1.29, 1.82) is 0 Å². The zero-order valence-electron chi connectivity index (χ0n) is 68.3. The smallest absolute Gasteiger partial charge is 0.248 e. The number of likely N-dealkylation sites (N-methyl/N-ethyl adjacent to an activating group) is 1. The van der Waals surface area contributed by atoms with E-state index in [4.69, 9.17) is 57.4 Å². The summed E-state index contributed by atoms with van der Waals surface area (Å²) in [6.45, 7) is 7.80. The molecule has 17 unspecified atom stereocenters. The number of benzene rings is 5. The Hall–Kier alpha value is -9.53. The Bertz CT molecular complexity index is 4740. The van der Waals surface area contributed by atoms with Crippen LogP contribution in [0.2, 0.25) is 10.0 Å². The molecule has 36 heteroatoms. The van der Waals surface area contributed by atoms with E-state index in [-0.39, 0.29) is 93.0 Å². The van der Waals surface area contributed by atoms with Gasteiger partial charge in [0.25, 0.3) is 0 Å². The highest BCUT2D eigenvalue weighted by atomic mass is 35.5. The Morgan fingerprint density at radius 2 is 1.25 bits per heavy atom. The highest BCUT2D eigenvalue weighted by Gasteiger charge is 2.53. The van der Waals surface area contributed by atoms with E-state index >= 15 is 28.8 Å². The van der Waals surface area contributed by atoms with Crippen LogP contribution >= 0.6 is 23.2 Å². The molecule has 4 aliphatic carbocycles. The maximum atomic E-state index is 16.6. The van der Waals surface area contributed by atoms with Crippen LogP contribution in [0, 0.1) is 29.6 Å². The molecule has 5 aromatic carbocycles. The van der Waals surface area contributed by atoms with Crippen molar-refractivity contribution in [3.63, 3.8) is 0 Å². The maximum Gasteiger partial charge on any atom is 0.248 e. The van der Waals surface area contributed by atoms with Gasteiger partial charge in [0.1, 0.15) is 95.5 Å². The molecule has 5 aromatic rings. The van der Waals surface area contributed by atoms with Crippen LogP contribution in [0.25, 0.3) is 11.1 Å². The molecule has 660 valence electrons. The van der Waals surface area contributed by atoms with E-state index in [0.29, 0.717) is 24.7 Å². The van der Waals surface area contributed by atoms with Crippen LogP contribution in [0.5, 0.6) is 46.0 Å². The number of halogens is 2. The van der Waals surface area contributed by atoms with Crippen LogP contribution in [0.4, 0.5) is 0 Å². The summed E-state index contributed by atoms with van der Waals surface area (Å²) in [5.74, 6) is -14.0. The predicted octanol–water partition coefficient (Wildman–Crippen LogP) is 5.26. The van der Waals surface area contributed by atoms with Crippen LogP contribution in [-0.4, -0.2) is 198 Å². The fourth-order valence-electron chi connectivity index (χ4n) is 18.4. The Morgan fingerprint density at radius 3 is 1.87 bits per heavy atom. The number of ether oxygens (including phenoxy) is 6. The average molecular weight is 1740 g/mol. The van der Waals surface area contributed by atoms with E-state index in [1.165, 1.54) is 45.2 Å². The molecule has 18 atom stereocenters. The van der Waals surface area contributed by atoms with E-state index in [0.717, 1.165) is 119 Å². The number of aliphatic hydroxyl groups is 6. The van der Waals surface area contributed by atoms with Gasteiger partial charge in [0.2, 0.25) is 65.2 Å². The van der Waals surface area contributed by atoms with Crippen molar-refractivity contribution in [2.75, 3.05) is 13.7 Å². The van der Waals surface area contributed by atoms with Gasteiger partial charge in [-0.3, -0.25) is 48.5 Å². The topological polar surface area (TPSA) is 525 Å². The largest absolute Gasteiger partial charge is 0.508 e. The lowest BCUT2D eigenvalue weighted by Gasteiger charge is -2.54. The third-order valence-corrected chi connectivity index (χ3v) is 25.2. The SMILES string of the molecule is CCCCCCCCCC(=O)NC(=O)CC1NC(=O)C(NC(=O)C(CC(C)C)NC)C(O)c2ccc(c(Cl)c2)Oc2cc3cc(c2OC2OC(CO)C(O)C(O)C2OC2CC(C)(N)C(O)C(C)O2)Oc2ccc(cc2Cl)C(O)C2NC(=O)C(NC(=O)C3NC1=O)c1ccc(O)c(c1)-c1c(O)cc(O)cc1[C@@H](C(=O)NC1C3CC4CC(C3)CC1C4)NC2=O. The normalized spacial score (nSPS) is 30.9. The summed E-state index contributed by atoms with van der Waals surface area (Å²) in [5, 5.41) is 130. The Morgan fingerprint density at radius 1 is 0.648 bits per heavy atom. The number of rotatable bonds is 22. The fraction of sp³-hybridized carbons (Fsp3) is 0.547. The summed E-state index contributed by atoms with van der Waals surface area (Å²) in [6.07, 6.45) is -8.68. The molecule has 34 nitrogen and oxygen atoms in total. The minimum absolute atomic E-state index is 0.0630. The third kappa shape index (κ3) is 20.0. The number of aromatic hydroxyl groups is 3. The summed E-state index contributed by atoms with van der Waals surface area (Å²) in [4.78, 5) is 138. The molecule has 9 amide bonds. The molecule has 7 heterocycles. The number of phenols is 3. The lowest BCUT2D eigenvalue weighted by Crippen LogP contribution is -2.64. The number of aliphatic hydroxyl groups excluding tert-OH is 6. The molecule has 11 aliphatic rings. The van der Waals surface area contributed by atoms with Crippen molar-refractivity contribution in [2.45, 2.75) is 253 Å². The zero-order chi connectivity index (χ0) is 87.6. The monoisotopic (exact) mass is 1730 g/mol. The van der Waals surface area contributed by atoms with Gasteiger partial charge in [-0.2, -0.15) is 0 Å². The number of hydrogen-bond donors (Lipinski definition) is 19. The number of amides is 9. The van der Waals surface area contributed by atoms with Crippen molar-refractivity contribution in [3.05, 3.63) is 117 Å². The lowest BCUT2D eigenvalue weighted by molar-refractivity contribution is -0.333. The molecule has 0 spiro atoms. The van der Waals surface area contributed by atoms with Gasteiger partial charge in [0, 0.05) is 41.6 Å². The van der Waals surface area contributed by atoms with Gasteiger partial charge in [-0.15, -0.1) is 0 Å². The van der Waals surface area contributed by atoms with Crippen molar-refractivity contribution < 1.29 is 118 Å². The molecular formula is C86H108Cl2N10O24. The molecule has 122 heavy (non-hydrogen) atoms. The van der Waals surface area contributed by atoms with Gasteiger partial charge in [-0.05, 0) is 178 Å². The Kier molecular flexibility index (Phi) is 28.3. The molecule has 0 aromatic heterocycles. The number of carbonyl (C=O) groups excluding carboxylic acids is 9. The summed E-state index contributed by atoms with van der Waals surface area (Å²) in [6, 6.07) is 0.250. The standard InChI is InChI=1S/C86H108Cl2N10O24/c1-7-8-9-10-11-12-13-14-61(103)92-62(104)34-53-79(111)94-67-46-30-58(118-56-19-16-42(28-50(56)87)71(105)69(83(115)91-53)97-78(110)52(90-6)21-37(2)3)75(122-85-76(74(108)73(107)60(36-99)120-85)121-63-35-86(5,89)77(109)38(4)117-63)59(31-46)119-57-20-17-43(29-51(57)88)72(106)70-84(116)96-68(82(114)93-65-44-23-39-22-40(25-44)26-45(65)24-39)49-32-47(100)33-55(102)64(49)48-27-41(15-18-54(48)101)66(80(112)98-70)95-81(67)113/h15-20,27-33,37-40,44-45,52-53,60,63,65-74,76-77,85,90,99-102,105-109H,7-14,21-26,34-36,89H2,1-6H3,(H,91,115)(H,93,114)(H,94,111)(H,95,113)(H,96,116)(H,97,110)(H,98,112)(H,92,103,104)/t38?,39?,40?,44?,45?,52?,53?,60?,63?,65?,66?,67?,68-,69?,70?,71?,72?,73?,74?,76?,77?,85?,86?/m0/s1. The number of nitrogens with two attached hydrogens (primary N) is 1. The van der Waals surface area contributed by atoms with Crippen LogP contribution in [0.15, 0.2) is 78.9 Å². The first-order valence-electron chi connectivity index (χ1n) is 41.7. The highest BCUT2D eigenvalue weighted by molar-refractivity contribution is 6.32. The first-order chi connectivity index (χ1) is 58.1. The van der Waals surface area contributed by atoms with E-state index < -0.39 is 221 Å². The highest BCUT2D eigenvalue weighted by Crippen LogP contribution is 2.55. The predicted molar refractivity (Wildman–Crippen MR) is 437 cm³/mol. The van der Waals surface area contributed by atoms with Gasteiger partial charge in [0.15, 0.2) is 23.9 Å². The molecule has 6 fully saturated rings. The van der Waals surface area contributed by atoms with Gasteiger partial charge in [0.05, 0.1) is 41.3 Å². The van der Waals surface area contributed by atoms with E-state index in [1.54, 1.807) is 0 Å². The van der Waals surface area contributed by atoms with Gasteiger partial charge >= 0.3 is 0 Å². The molecule has 7 aliphatic heterocycles. The third-order valence-electron chi connectivity index (χ3n) is 24.6. The number of carbonyl (C=O) groups is 9. The van der Waals surface area contributed by atoms with E-state index in [1.807, 2.05) is 13.8 Å². The molecule has 2 saturated heterocycles. The van der Waals surface area contributed by atoms with Crippen molar-refractivity contribution >= 4 is 76.4 Å². The summed E-state index contributed by atoms with van der Waals surface area (Å²) in [7, 11) is 1.49. The van der Waals surface area contributed by atoms with Gasteiger partial charge < -0.3 is 123 Å². The van der Waals surface area contributed by atoms with Gasteiger partial charge in [-0.25, -0.2) is 0 Å². The Labute approximate surface area is 713 Å². The number of imide groups is 1. The number of unbranched alkanes of at least 4 members (excludes halogenated alkanes) is 6. The van der Waals surface area contributed by atoms with Gasteiger partial charge in [-0.1, -0.05) is 101 Å². The van der Waals surface area contributed by atoms with Crippen LogP contribution in [-0.2, 0) is 57.4 Å². The quantitative estimate of drug-likeness (QED) is 0.0393. The maximum absolute atomic E-state index is 16.6. The number of phenolic OH excluding ortho intramolecular Hbond substituents is 3. The second-order valence-corrected chi connectivity index (χ2v) is 35.0. The molecule has 16 rings (SSSR count). The van der Waals surface area contributed by atoms with Crippen molar-refractivity contribution in [3.8, 4) is 57.1 Å². The fourth-order valence-corrected chi connectivity index (χ4v) is 18.9. The summed E-state index contributed by atoms with van der Waals surface area (Å²) >= 11 is 14.5. The van der Waals surface area contributed by atoms with Crippen LogP contribution < -0.4 is 67.8 Å². The van der Waals surface area contributed by atoms with Crippen LogP contribution in [0.1, 0.15) is 196 Å². The molecule has 0 radical (unpaired) electrons. The van der Waals surface area contributed by atoms with Crippen molar-refractivity contribution in [1.82, 2.24) is 47.9 Å². The number of fused-ring (bicyclic) bond motifs is 15. The first-order valence-corrected chi connectivity index (χ1v) is 42.4. The second kappa shape index (κ2) is 38.3. The Balaban J connectivity index is 1.01. The molecular weight excluding hydrogens is 1630 g/mol. The van der Waals surface area contributed by atoms with E-state index in [9.17, 15) is 60.3 Å². The summed E-state index contributed by atoms with van der Waals surface area (Å²) < 4.78 is 39.1. The average Bonchev–Trinajstić information content (AvgIpc) is 0.761. The molecule has 15 bridgehead atoms. The second-order valence-electron chi connectivity index (χ2n) is 34.2. The van der Waals surface area contributed by atoms with Crippen molar-refractivity contribution in [2.24, 2.45) is 35.3 Å². The number of hydrogen-bond acceptors (Lipinski definition) is 26. The minimum Gasteiger partial charge on any atom is -0.508 e.